The van der Waals surface area contributed by atoms with E-state index in [0.29, 0.717) is 6.54 Å². The Kier molecular flexibility index (Phi) is 3.53. The van der Waals surface area contributed by atoms with E-state index in [1.807, 2.05) is 31.3 Å². The van der Waals surface area contributed by atoms with Gasteiger partial charge in [0, 0.05) is 11.5 Å². The summed E-state index contributed by atoms with van der Waals surface area (Å²) < 4.78 is 0. The van der Waals surface area contributed by atoms with Gasteiger partial charge < -0.3 is 10.7 Å². The third kappa shape index (κ3) is 2.33. The zero-order valence-corrected chi connectivity index (χ0v) is 8.01. The summed E-state index contributed by atoms with van der Waals surface area (Å²) in [6.45, 7) is 6.66. The number of rotatable bonds is 3. The highest BCUT2D eigenvalue weighted by atomic mass is 14.7. The number of hydrogen-bond acceptors (Lipinski definition) is 1. The van der Waals surface area contributed by atoms with Crippen molar-refractivity contribution in [3.63, 3.8) is 0 Å². The number of nitrogens with one attached hydrogen (secondary N) is 1. The third-order valence-electron chi connectivity index (χ3n) is 1.98. The molecule has 0 unspecified atom stereocenters. The van der Waals surface area contributed by atoms with Crippen LogP contribution in [-0.2, 0) is 6.42 Å². The van der Waals surface area contributed by atoms with Gasteiger partial charge in [-0.1, -0.05) is 18.7 Å². The molecule has 0 atom stereocenters. The molecule has 13 heavy (non-hydrogen) atoms. The highest BCUT2D eigenvalue weighted by Gasteiger charge is 1.94. The fraction of sp³-hybridized carbons (Fsp3) is 0.273. The molecule has 0 saturated heterocycles. The number of aromatic amines is 1. The largest absolute Gasteiger partial charge is 0.361 e. The molecule has 0 aliphatic rings. The molecule has 0 aliphatic carbocycles. The normalized spacial score (nSPS) is 12.9. The molecule has 1 aromatic heterocycles. The third-order valence-corrected chi connectivity index (χ3v) is 1.98. The zero-order valence-electron chi connectivity index (χ0n) is 8.01. The minimum atomic E-state index is 0.670. The maximum absolute atomic E-state index is 5.47. The summed E-state index contributed by atoms with van der Waals surface area (Å²) in [4.78, 5) is 3.17. The lowest BCUT2D eigenvalue weighted by Gasteiger charge is -1.89. The van der Waals surface area contributed by atoms with E-state index in [-0.39, 0.29) is 0 Å². The Hall–Kier alpha value is -1.28. The van der Waals surface area contributed by atoms with Crippen molar-refractivity contribution in [2.24, 2.45) is 5.73 Å². The van der Waals surface area contributed by atoms with Gasteiger partial charge in [-0.25, -0.2) is 0 Å². The maximum atomic E-state index is 5.47. The minimum Gasteiger partial charge on any atom is -0.361 e. The average molecular weight is 176 g/mol. The van der Waals surface area contributed by atoms with Crippen LogP contribution in [0.1, 0.15) is 12.5 Å². The van der Waals surface area contributed by atoms with Crippen LogP contribution in [0.5, 0.6) is 0 Å². The molecular formula is C11H16N2. The molecule has 1 aromatic rings. The van der Waals surface area contributed by atoms with Crippen molar-refractivity contribution in [3.8, 4) is 0 Å². The Balaban J connectivity index is 3.06. The Morgan fingerprint density at radius 3 is 3.00 bits per heavy atom. The quantitative estimate of drug-likeness (QED) is 0.682. The molecule has 0 bridgehead atoms. The summed E-state index contributed by atoms with van der Waals surface area (Å²) in [7, 11) is 0. The monoisotopic (exact) mass is 176 g/mol. The molecule has 2 heteroatoms. The first kappa shape index (κ1) is 9.81. The average Bonchev–Trinajstić information content (AvgIpc) is 2.46. The summed E-state index contributed by atoms with van der Waals surface area (Å²) in [5.41, 5.74) is 6.68. The molecule has 0 radical (unpaired) electrons. The molecule has 2 nitrogen and oxygen atoms in total. The van der Waals surface area contributed by atoms with Gasteiger partial charge in [-0.2, -0.15) is 0 Å². The molecule has 0 saturated carbocycles. The second kappa shape index (κ2) is 4.67. The number of nitrogens with two attached hydrogens (primary N) is 1. The van der Waals surface area contributed by atoms with E-state index in [4.69, 9.17) is 5.73 Å². The van der Waals surface area contributed by atoms with Crippen molar-refractivity contribution in [1.82, 2.24) is 4.98 Å². The first-order chi connectivity index (χ1) is 6.29. The second-order valence-corrected chi connectivity index (χ2v) is 2.94. The summed E-state index contributed by atoms with van der Waals surface area (Å²) in [6.07, 6.45) is 8.86. The Labute approximate surface area is 78.5 Å². The fourth-order valence-electron chi connectivity index (χ4n) is 1.23. The van der Waals surface area contributed by atoms with Crippen LogP contribution in [0.4, 0.5) is 0 Å². The molecule has 0 spiro atoms. The van der Waals surface area contributed by atoms with E-state index in [1.54, 1.807) is 0 Å². The summed E-state index contributed by atoms with van der Waals surface area (Å²) in [6, 6.07) is 0. The van der Waals surface area contributed by atoms with Gasteiger partial charge in [0.05, 0.1) is 0 Å². The van der Waals surface area contributed by atoms with Gasteiger partial charge in [0.2, 0.25) is 0 Å². The topological polar surface area (TPSA) is 41.8 Å². The lowest BCUT2D eigenvalue weighted by Crippen LogP contribution is -2.24. The fourth-order valence-corrected chi connectivity index (χ4v) is 1.23. The van der Waals surface area contributed by atoms with Gasteiger partial charge in [-0.15, -0.1) is 0 Å². The second-order valence-electron chi connectivity index (χ2n) is 2.94. The minimum absolute atomic E-state index is 0.670. The first-order valence-electron chi connectivity index (χ1n) is 4.48. The van der Waals surface area contributed by atoms with E-state index in [0.717, 1.165) is 17.0 Å². The van der Waals surface area contributed by atoms with Crippen LogP contribution in [0.15, 0.2) is 18.3 Å². The van der Waals surface area contributed by atoms with Crippen molar-refractivity contribution in [2.75, 3.05) is 6.54 Å². The Bertz CT molecular complexity index is 385. The van der Waals surface area contributed by atoms with Crippen LogP contribution in [-0.4, -0.2) is 11.5 Å². The van der Waals surface area contributed by atoms with Gasteiger partial charge in [-0.3, -0.25) is 0 Å². The highest BCUT2D eigenvalue weighted by molar-refractivity contribution is 5.36. The molecule has 0 aromatic carbocycles. The van der Waals surface area contributed by atoms with Crippen LogP contribution < -0.4 is 16.3 Å². The van der Waals surface area contributed by atoms with Crippen molar-refractivity contribution >= 4 is 12.7 Å². The van der Waals surface area contributed by atoms with Crippen LogP contribution in [0.25, 0.3) is 12.7 Å². The van der Waals surface area contributed by atoms with Crippen molar-refractivity contribution in [1.29, 1.82) is 0 Å². The van der Waals surface area contributed by atoms with E-state index < -0.39 is 0 Å². The first-order valence-corrected chi connectivity index (χ1v) is 4.48. The standard InChI is InChI=1S/C11H16N2/c1-3-4-5-11-9(2)10(6-7-12)8-13-11/h3-5,8,13H,2,6-7,12H2,1H3/b4-3-,11-5+. The molecule has 1 rings (SSSR count). The lowest BCUT2D eigenvalue weighted by atomic mass is 10.2. The molecule has 3 N–H and O–H groups in total. The van der Waals surface area contributed by atoms with Gasteiger partial charge in [-0.05, 0) is 36.7 Å². The number of aromatic nitrogens is 1. The molecule has 70 valence electrons. The smallest absolute Gasteiger partial charge is 0.0450 e. The van der Waals surface area contributed by atoms with E-state index in [1.165, 1.54) is 5.56 Å². The van der Waals surface area contributed by atoms with E-state index >= 15 is 0 Å². The maximum Gasteiger partial charge on any atom is 0.0450 e. The number of H-pyrrole nitrogens is 1. The van der Waals surface area contributed by atoms with Crippen LogP contribution in [0.3, 0.4) is 0 Å². The summed E-state index contributed by atoms with van der Waals surface area (Å²) in [5.74, 6) is 0. The zero-order chi connectivity index (χ0) is 9.68. The van der Waals surface area contributed by atoms with Crippen molar-refractivity contribution < 1.29 is 0 Å². The summed E-state index contributed by atoms with van der Waals surface area (Å²) in [5, 5.41) is 2.13. The van der Waals surface area contributed by atoms with Crippen LogP contribution in [0.2, 0.25) is 0 Å². The predicted molar refractivity (Wildman–Crippen MR) is 57.6 cm³/mol. The van der Waals surface area contributed by atoms with Crippen LogP contribution >= 0.6 is 0 Å². The SMILES string of the molecule is C=c1c(CCN)c[nH]/c1=C/C=C\C. The van der Waals surface area contributed by atoms with E-state index in [9.17, 15) is 0 Å². The van der Waals surface area contributed by atoms with Gasteiger partial charge in [0.25, 0.3) is 0 Å². The molecule has 0 fully saturated rings. The molecular weight excluding hydrogens is 160 g/mol. The highest BCUT2D eigenvalue weighted by Crippen LogP contribution is 1.85. The Morgan fingerprint density at radius 2 is 2.38 bits per heavy atom. The predicted octanol–water partition coefficient (Wildman–Crippen LogP) is 0.283. The van der Waals surface area contributed by atoms with E-state index in [2.05, 4.69) is 11.6 Å². The lowest BCUT2D eigenvalue weighted by molar-refractivity contribution is 0.965. The van der Waals surface area contributed by atoms with Crippen molar-refractivity contribution in [3.05, 3.63) is 34.5 Å². The van der Waals surface area contributed by atoms with Gasteiger partial charge in [0.1, 0.15) is 0 Å². The van der Waals surface area contributed by atoms with Gasteiger partial charge in [0.15, 0.2) is 0 Å². The Morgan fingerprint density at radius 1 is 1.62 bits per heavy atom. The number of hydrogen-bond donors (Lipinski definition) is 2. The molecule has 1 heterocycles. The molecule has 0 amide bonds. The van der Waals surface area contributed by atoms with Gasteiger partial charge >= 0.3 is 0 Å². The van der Waals surface area contributed by atoms with Crippen LogP contribution in [0, 0.1) is 0 Å². The van der Waals surface area contributed by atoms with Crippen molar-refractivity contribution in [2.45, 2.75) is 13.3 Å². The summed E-state index contributed by atoms with van der Waals surface area (Å²) >= 11 is 0. The molecule has 0 aliphatic heterocycles. The number of allylic oxidation sites excluding steroid dienone is 2.